The topological polar surface area (TPSA) is 111 Å². The number of nitrogens with one attached hydrogen (secondary N) is 2. The van der Waals surface area contributed by atoms with Gasteiger partial charge < -0.3 is 30.2 Å². The van der Waals surface area contributed by atoms with E-state index in [9.17, 15) is 15.0 Å². The Bertz CT molecular complexity index is 1260. The lowest BCUT2D eigenvalue weighted by atomic mass is 10.2. The molecule has 0 spiro atoms. The van der Waals surface area contributed by atoms with Gasteiger partial charge in [0.15, 0.2) is 0 Å². The molecule has 8 heteroatoms. The number of aromatic hydroxyl groups is 2. The molecular weight excluding hydrogens is 408 g/mol. The second-order valence-corrected chi connectivity index (χ2v) is 7.66. The number of aromatic nitrogens is 2. The van der Waals surface area contributed by atoms with Crippen molar-refractivity contribution in [3.8, 4) is 22.9 Å². The number of aromatic amines is 1. The van der Waals surface area contributed by atoms with Crippen LogP contribution in [0.1, 0.15) is 10.4 Å². The fourth-order valence-electron chi connectivity index (χ4n) is 3.81. The molecule has 0 radical (unpaired) electrons. The van der Waals surface area contributed by atoms with Crippen molar-refractivity contribution in [1.82, 2.24) is 9.97 Å². The quantitative estimate of drug-likeness (QED) is 0.393. The molecule has 1 aromatic heterocycles. The minimum absolute atomic E-state index is 0.160. The van der Waals surface area contributed by atoms with E-state index >= 15 is 0 Å². The molecule has 1 aliphatic heterocycles. The van der Waals surface area contributed by atoms with Crippen molar-refractivity contribution < 1.29 is 19.7 Å². The van der Waals surface area contributed by atoms with E-state index in [1.807, 2.05) is 18.2 Å². The van der Waals surface area contributed by atoms with Crippen molar-refractivity contribution in [3.63, 3.8) is 0 Å². The molecule has 1 saturated heterocycles. The van der Waals surface area contributed by atoms with Gasteiger partial charge in [0.2, 0.25) is 0 Å². The lowest BCUT2D eigenvalue weighted by Crippen LogP contribution is -2.36. The fraction of sp³-hybridized carbons (Fsp3) is 0.167. The maximum atomic E-state index is 12.5. The number of ether oxygens (including phenoxy) is 1. The Morgan fingerprint density at radius 2 is 1.69 bits per heavy atom. The van der Waals surface area contributed by atoms with E-state index in [1.54, 1.807) is 12.1 Å². The van der Waals surface area contributed by atoms with Gasteiger partial charge in [-0.05, 0) is 54.6 Å². The van der Waals surface area contributed by atoms with Gasteiger partial charge in [-0.25, -0.2) is 4.98 Å². The van der Waals surface area contributed by atoms with Gasteiger partial charge in [-0.1, -0.05) is 0 Å². The van der Waals surface area contributed by atoms with E-state index in [1.165, 1.54) is 18.2 Å². The van der Waals surface area contributed by atoms with Gasteiger partial charge in [0, 0.05) is 41.7 Å². The van der Waals surface area contributed by atoms with Crippen LogP contribution in [0.5, 0.6) is 11.5 Å². The molecule has 3 aromatic carbocycles. The number of nitrogens with zero attached hydrogens (tertiary/aromatic N) is 2. The summed E-state index contributed by atoms with van der Waals surface area (Å²) in [5, 5.41) is 22.0. The van der Waals surface area contributed by atoms with Crippen LogP contribution in [0.15, 0.2) is 60.7 Å². The standard InChI is InChI=1S/C24H22N4O4/c29-19-11-16(12-20(30)14-19)24(31)25-17-3-6-21-22(13-17)27-23(26-21)15-1-4-18(5-2-15)28-7-9-32-10-8-28/h1-6,11-14,29-30H,7-10H2,(H,25,31)(H,26,27). The van der Waals surface area contributed by atoms with Crippen molar-refractivity contribution in [2.75, 3.05) is 36.5 Å². The van der Waals surface area contributed by atoms with Crippen LogP contribution in [0.3, 0.4) is 0 Å². The number of hydrogen-bond acceptors (Lipinski definition) is 6. The first-order valence-corrected chi connectivity index (χ1v) is 10.3. The molecule has 0 unspecified atom stereocenters. The molecule has 162 valence electrons. The number of rotatable bonds is 4. The molecule has 0 saturated carbocycles. The van der Waals surface area contributed by atoms with Crippen molar-refractivity contribution in [2.45, 2.75) is 0 Å². The van der Waals surface area contributed by atoms with Gasteiger partial charge >= 0.3 is 0 Å². The number of morpholine rings is 1. The Balaban J connectivity index is 1.35. The highest BCUT2D eigenvalue weighted by Gasteiger charge is 2.13. The Kier molecular flexibility index (Phi) is 5.12. The second kappa shape index (κ2) is 8.24. The van der Waals surface area contributed by atoms with E-state index in [0.29, 0.717) is 5.69 Å². The summed E-state index contributed by atoms with van der Waals surface area (Å²) in [6.45, 7) is 3.27. The lowest BCUT2D eigenvalue weighted by molar-refractivity contribution is 0.102. The first kappa shape index (κ1) is 19.9. The molecule has 4 N–H and O–H groups in total. The van der Waals surface area contributed by atoms with Crippen LogP contribution >= 0.6 is 0 Å². The molecule has 0 aliphatic carbocycles. The minimum atomic E-state index is -0.436. The van der Waals surface area contributed by atoms with E-state index < -0.39 is 5.91 Å². The molecule has 4 aromatic rings. The van der Waals surface area contributed by atoms with E-state index in [4.69, 9.17) is 4.74 Å². The summed E-state index contributed by atoms with van der Waals surface area (Å²) in [5.41, 5.74) is 4.44. The van der Waals surface area contributed by atoms with Gasteiger partial charge in [0.05, 0.1) is 24.2 Å². The summed E-state index contributed by atoms with van der Waals surface area (Å²) in [6, 6.07) is 17.4. The number of anilines is 2. The number of amides is 1. The zero-order chi connectivity index (χ0) is 22.1. The number of fused-ring (bicyclic) bond motifs is 1. The number of carbonyl (C=O) groups is 1. The number of hydrogen-bond donors (Lipinski definition) is 4. The van der Waals surface area contributed by atoms with Gasteiger partial charge in [0.1, 0.15) is 17.3 Å². The number of phenolic OH excluding ortho intramolecular Hbond substituents is 2. The molecule has 0 bridgehead atoms. The third-order valence-corrected chi connectivity index (χ3v) is 5.42. The third-order valence-electron chi connectivity index (χ3n) is 5.42. The SMILES string of the molecule is O=C(Nc1ccc2nc(-c3ccc(N4CCOCC4)cc3)[nH]c2c1)c1cc(O)cc(O)c1. The summed E-state index contributed by atoms with van der Waals surface area (Å²) in [6.07, 6.45) is 0. The van der Waals surface area contributed by atoms with Crippen LogP contribution in [-0.4, -0.2) is 52.4 Å². The average molecular weight is 430 g/mol. The fourth-order valence-corrected chi connectivity index (χ4v) is 3.81. The summed E-state index contributed by atoms with van der Waals surface area (Å²) < 4.78 is 5.41. The largest absolute Gasteiger partial charge is 0.508 e. The summed E-state index contributed by atoms with van der Waals surface area (Å²) >= 11 is 0. The zero-order valence-electron chi connectivity index (χ0n) is 17.2. The Hall–Kier alpha value is -4.04. The van der Waals surface area contributed by atoms with Crippen LogP contribution in [0.4, 0.5) is 11.4 Å². The van der Waals surface area contributed by atoms with Crippen LogP contribution in [-0.2, 0) is 4.74 Å². The minimum Gasteiger partial charge on any atom is -0.508 e. The number of H-pyrrole nitrogens is 1. The predicted octanol–water partition coefficient (Wildman–Crippen LogP) is 3.73. The van der Waals surface area contributed by atoms with Crippen LogP contribution in [0.25, 0.3) is 22.4 Å². The number of benzene rings is 3. The number of imidazole rings is 1. The highest BCUT2D eigenvalue weighted by atomic mass is 16.5. The Morgan fingerprint density at radius 3 is 2.41 bits per heavy atom. The van der Waals surface area contributed by atoms with Crippen LogP contribution in [0, 0.1) is 0 Å². The summed E-state index contributed by atoms with van der Waals surface area (Å²) in [5.74, 6) is -0.0456. The Morgan fingerprint density at radius 1 is 0.969 bits per heavy atom. The second-order valence-electron chi connectivity index (χ2n) is 7.66. The van der Waals surface area contributed by atoms with E-state index in [-0.39, 0.29) is 17.1 Å². The molecular formula is C24H22N4O4. The number of carbonyl (C=O) groups excluding carboxylic acids is 1. The highest BCUT2D eigenvalue weighted by molar-refractivity contribution is 6.05. The summed E-state index contributed by atoms with van der Waals surface area (Å²) in [4.78, 5) is 22.7. The molecule has 5 rings (SSSR count). The van der Waals surface area contributed by atoms with Gasteiger partial charge in [-0.2, -0.15) is 0 Å². The molecule has 8 nitrogen and oxygen atoms in total. The van der Waals surface area contributed by atoms with Crippen LogP contribution < -0.4 is 10.2 Å². The lowest BCUT2D eigenvalue weighted by Gasteiger charge is -2.28. The van der Waals surface area contributed by atoms with E-state index in [0.717, 1.165) is 54.4 Å². The van der Waals surface area contributed by atoms with Crippen molar-refractivity contribution in [2.24, 2.45) is 0 Å². The predicted molar refractivity (Wildman–Crippen MR) is 122 cm³/mol. The highest BCUT2D eigenvalue weighted by Crippen LogP contribution is 2.26. The number of phenols is 2. The van der Waals surface area contributed by atoms with E-state index in [2.05, 4.69) is 32.3 Å². The van der Waals surface area contributed by atoms with Crippen molar-refractivity contribution in [1.29, 1.82) is 0 Å². The summed E-state index contributed by atoms with van der Waals surface area (Å²) in [7, 11) is 0. The molecule has 1 aliphatic rings. The maximum Gasteiger partial charge on any atom is 0.255 e. The van der Waals surface area contributed by atoms with Crippen LogP contribution in [0.2, 0.25) is 0 Å². The van der Waals surface area contributed by atoms with Crippen molar-refractivity contribution >= 4 is 28.3 Å². The maximum absolute atomic E-state index is 12.5. The molecule has 1 amide bonds. The molecule has 0 atom stereocenters. The third kappa shape index (κ3) is 4.08. The molecule has 2 heterocycles. The normalized spacial score (nSPS) is 13.9. The first-order chi connectivity index (χ1) is 15.5. The Labute approximate surface area is 184 Å². The van der Waals surface area contributed by atoms with Crippen molar-refractivity contribution in [3.05, 3.63) is 66.2 Å². The average Bonchev–Trinajstić information content (AvgIpc) is 3.22. The van der Waals surface area contributed by atoms with Gasteiger partial charge in [-0.3, -0.25) is 4.79 Å². The smallest absolute Gasteiger partial charge is 0.255 e. The monoisotopic (exact) mass is 430 g/mol. The zero-order valence-corrected chi connectivity index (χ0v) is 17.2. The first-order valence-electron chi connectivity index (χ1n) is 10.3. The van der Waals surface area contributed by atoms with Gasteiger partial charge in [-0.15, -0.1) is 0 Å². The molecule has 1 fully saturated rings. The van der Waals surface area contributed by atoms with Gasteiger partial charge in [0.25, 0.3) is 5.91 Å². The molecule has 32 heavy (non-hydrogen) atoms.